The van der Waals surface area contributed by atoms with E-state index < -0.39 is 0 Å². The molecule has 1 N–H and O–H groups in total. The smallest absolute Gasteiger partial charge is 0.161 e. The van der Waals surface area contributed by atoms with E-state index in [4.69, 9.17) is 14.2 Å². The summed E-state index contributed by atoms with van der Waals surface area (Å²) in [5.41, 5.74) is 6.18. The van der Waals surface area contributed by atoms with Gasteiger partial charge in [0.05, 0.1) is 26.5 Å². The molecule has 0 spiro atoms. The predicted octanol–water partition coefficient (Wildman–Crippen LogP) is 5.95. The lowest BCUT2D eigenvalue weighted by Gasteiger charge is -2.14. The zero-order valence-electron chi connectivity index (χ0n) is 19.0. The van der Waals surface area contributed by atoms with Crippen molar-refractivity contribution in [3.05, 3.63) is 102 Å². The third kappa shape index (κ3) is 5.63. The molecule has 0 saturated heterocycles. The number of benzene rings is 4. The first kappa shape index (κ1) is 22.2. The van der Waals surface area contributed by atoms with Gasteiger partial charge in [0.1, 0.15) is 12.4 Å². The van der Waals surface area contributed by atoms with Crippen molar-refractivity contribution < 1.29 is 14.2 Å². The quantitative estimate of drug-likeness (QED) is 0.245. The van der Waals surface area contributed by atoms with E-state index >= 15 is 0 Å². The number of nitrogens with zero attached hydrogens (tertiary/aromatic N) is 1. The molecule has 168 valence electrons. The molecule has 0 aliphatic heterocycles. The molecule has 0 aliphatic rings. The minimum absolute atomic E-state index is 0.468. The van der Waals surface area contributed by atoms with Gasteiger partial charge in [-0.25, -0.2) is 0 Å². The molecule has 4 aromatic carbocycles. The monoisotopic (exact) mass is 440 g/mol. The zero-order valence-corrected chi connectivity index (χ0v) is 19.0. The normalized spacial score (nSPS) is 11.0. The average molecular weight is 441 g/mol. The number of hydrogen-bond acceptors (Lipinski definition) is 5. The Kier molecular flexibility index (Phi) is 7.44. The van der Waals surface area contributed by atoms with Crippen LogP contribution in [0.15, 0.2) is 90.0 Å². The lowest BCUT2D eigenvalue weighted by atomic mass is 10.1. The van der Waals surface area contributed by atoms with E-state index in [-0.39, 0.29) is 0 Å². The molecule has 4 rings (SSSR count). The zero-order chi connectivity index (χ0) is 22.9. The van der Waals surface area contributed by atoms with Crippen LogP contribution in [0, 0.1) is 0 Å². The van der Waals surface area contributed by atoms with E-state index in [0.29, 0.717) is 31.3 Å². The molecule has 0 unspecified atom stereocenters. The van der Waals surface area contributed by atoms with Gasteiger partial charge in [0.25, 0.3) is 0 Å². The van der Waals surface area contributed by atoms with Crippen LogP contribution in [-0.4, -0.2) is 19.9 Å². The van der Waals surface area contributed by atoms with Gasteiger partial charge in [-0.1, -0.05) is 60.7 Å². The van der Waals surface area contributed by atoms with E-state index in [0.717, 1.165) is 22.4 Å². The fraction of sp³-hybridized carbons (Fsp3) is 0.179. The Morgan fingerprint density at radius 2 is 1.58 bits per heavy atom. The van der Waals surface area contributed by atoms with Crippen LogP contribution in [0.2, 0.25) is 0 Å². The van der Waals surface area contributed by atoms with Gasteiger partial charge in [0.15, 0.2) is 11.5 Å². The Morgan fingerprint density at radius 1 is 0.788 bits per heavy atom. The summed E-state index contributed by atoms with van der Waals surface area (Å²) in [4.78, 5) is 0. The van der Waals surface area contributed by atoms with Crippen molar-refractivity contribution in [3.63, 3.8) is 0 Å². The van der Waals surface area contributed by atoms with Crippen LogP contribution in [0.25, 0.3) is 10.8 Å². The minimum Gasteiger partial charge on any atom is -0.496 e. The topological polar surface area (TPSA) is 52.1 Å². The summed E-state index contributed by atoms with van der Waals surface area (Å²) in [5, 5.41) is 6.75. The van der Waals surface area contributed by atoms with Crippen LogP contribution in [0.4, 0.5) is 0 Å². The Bertz CT molecular complexity index is 1230. The highest BCUT2D eigenvalue weighted by Gasteiger charge is 2.08. The maximum atomic E-state index is 6.15. The van der Waals surface area contributed by atoms with Gasteiger partial charge in [-0.3, -0.25) is 0 Å². The Balaban J connectivity index is 1.43. The summed E-state index contributed by atoms with van der Waals surface area (Å²) >= 11 is 0. The number of para-hydroxylation sites is 1. The minimum atomic E-state index is 0.468. The lowest BCUT2D eigenvalue weighted by Crippen LogP contribution is -2.07. The van der Waals surface area contributed by atoms with Crippen molar-refractivity contribution in [1.82, 2.24) is 5.43 Å². The van der Waals surface area contributed by atoms with Crippen molar-refractivity contribution in [1.29, 1.82) is 0 Å². The first-order chi connectivity index (χ1) is 16.3. The van der Waals surface area contributed by atoms with Crippen molar-refractivity contribution in [2.24, 2.45) is 5.10 Å². The summed E-state index contributed by atoms with van der Waals surface area (Å²) in [7, 11) is 1.67. The lowest BCUT2D eigenvalue weighted by molar-refractivity contribution is 0.270. The molecule has 0 fully saturated rings. The first-order valence-electron chi connectivity index (χ1n) is 11.0. The number of hydrogen-bond donors (Lipinski definition) is 1. The molecule has 0 saturated carbocycles. The van der Waals surface area contributed by atoms with E-state index in [1.807, 2.05) is 61.5 Å². The molecule has 0 atom stereocenters. The van der Waals surface area contributed by atoms with E-state index in [9.17, 15) is 0 Å². The summed E-state index contributed by atoms with van der Waals surface area (Å²) in [6.45, 7) is 3.56. The molecule has 0 bridgehead atoms. The number of hydrazone groups is 1. The number of rotatable bonds is 10. The molecule has 0 radical (unpaired) electrons. The Hall–Kier alpha value is -3.99. The third-order valence-corrected chi connectivity index (χ3v) is 5.30. The summed E-state index contributed by atoms with van der Waals surface area (Å²) in [5.74, 6) is 2.25. The number of ether oxygens (including phenoxy) is 3. The molecule has 0 aromatic heterocycles. The molecular formula is C28H28N2O3. The molecular weight excluding hydrogens is 412 g/mol. The standard InChI is InChI=1S/C28H28N2O3/c1-3-32-28-17-21(18-29-30-19-23-10-5-7-14-26(23)31-2)15-16-27(28)33-20-24-12-8-11-22-9-4-6-13-25(22)24/h4-18,30H,3,19-20H2,1-2H3/b29-18-. The fourth-order valence-corrected chi connectivity index (χ4v) is 3.67. The third-order valence-electron chi connectivity index (χ3n) is 5.30. The molecule has 0 aliphatic carbocycles. The highest BCUT2D eigenvalue weighted by atomic mass is 16.5. The average Bonchev–Trinajstić information content (AvgIpc) is 2.86. The Labute approximate surface area is 194 Å². The van der Waals surface area contributed by atoms with E-state index in [2.05, 4.69) is 40.9 Å². The Morgan fingerprint density at radius 3 is 2.45 bits per heavy atom. The predicted molar refractivity (Wildman–Crippen MR) is 133 cm³/mol. The van der Waals surface area contributed by atoms with Crippen LogP contribution in [0.5, 0.6) is 17.2 Å². The maximum absolute atomic E-state index is 6.15. The van der Waals surface area contributed by atoms with Crippen molar-refractivity contribution in [2.75, 3.05) is 13.7 Å². The second-order valence-electron chi connectivity index (χ2n) is 7.47. The van der Waals surface area contributed by atoms with Crippen LogP contribution < -0.4 is 19.6 Å². The summed E-state index contributed by atoms with van der Waals surface area (Å²) in [6, 6.07) is 28.3. The fourth-order valence-electron chi connectivity index (χ4n) is 3.67. The first-order valence-corrected chi connectivity index (χ1v) is 11.0. The van der Waals surface area contributed by atoms with Crippen molar-refractivity contribution >= 4 is 17.0 Å². The number of methoxy groups -OCH3 is 1. The highest BCUT2D eigenvalue weighted by molar-refractivity contribution is 5.85. The summed E-state index contributed by atoms with van der Waals surface area (Å²) < 4.78 is 17.4. The molecule has 5 nitrogen and oxygen atoms in total. The SMILES string of the molecule is CCOc1cc(/C=N\NCc2ccccc2OC)ccc1OCc1cccc2ccccc12. The summed E-state index contributed by atoms with van der Waals surface area (Å²) in [6.07, 6.45) is 1.77. The molecule has 0 heterocycles. The number of nitrogens with one attached hydrogen (secondary N) is 1. The van der Waals surface area contributed by atoms with Crippen LogP contribution >= 0.6 is 0 Å². The molecule has 5 heteroatoms. The highest BCUT2D eigenvalue weighted by Crippen LogP contribution is 2.30. The van der Waals surface area contributed by atoms with Gasteiger partial charge in [0, 0.05) is 5.56 Å². The van der Waals surface area contributed by atoms with Gasteiger partial charge >= 0.3 is 0 Å². The second-order valence-corrected chi connectivity index (χ2v) is 7.47. The second kappa shape index (κ2) is 11.0. The van der Waals surface area contributed by atoms with Crippen LogP contribution in [-0.2, 0) is 13.2 Å². The van der Waals surface area contributed by atoms with Gasteiger partial charge in [-0.15, -0.1) is 0 Å². The van der Waals surface area contributed by atoms with E-state index in [1.54, 1.807) is 13.3 Å². The molecule has 33 heavy (non-hydrogen) atoms. The van der Waals surface area contributed by atoms with Crippen molar-refractivity contribution in [2.45, 2.75) is 20.1 Å². The molecule has 0 amide bonds. The van der Waals surface area contributed by atoms with Crippen LogP contribution in [0.1, 0.15) is 23.6 Å². The van der Waals surface area contributed by atoms with Gasteiger partial charge < -0.3 is 19.6 Å². The van der Waals surface area contributed by atoms with Crippen molar-refractivity contribution in [3.8, 4) is 17.2 Å². The number of fused-ring (bicyclic) bond motifs is 1. The van der Waals surface area contributed by atoms with E-state index in [1.165, 1.54) is 10.8 Å². The van der Waals surface area contributed by atoms with Crippen LogP contribution in [0.3, 0.4) is 0 Å². The molecule has 4 aromatic rings. The van der Waals surface area contributed by atoms with Gasteiger partial charge in [-0.2, -0.15) is 5.10 Å². The largest absolute Gasteiger partial charge is 0.496 e. The van der Waals surface area contributed by atoms with Gasteiger partial charge in [-0.05, 0) is 53.1 Å². The van der Waals surface area contributed by atoms with Gasteiger partial charge in [0.2, 0.25) is 0 Å². The maximum Gasteiger partial charge on any atom is 0.161 e.